The smallest absolute Gasteiger partial charge is 0.223 e. The SMILES string of the molecule is CN=C(N)N=C(N)N(C)Cc1ccc(C)o1.CN=C(N)NC(N)=NCc1ccc(C)o1.CN=C(N=C(N)N)N(C)Cc1ccc(C)o1.CN=C(N=C(N)N)NCc1ccc(C)o1.Cc1ccc(CN(C)C(=N)N(C)C(=N)N)o1.Cc1ccc(CN(C)C(=N)N=C(N)N)o1.Cc1ccc(CN=C(N)N(C)C(=N)N)o1.Cc1ccc(CN=C(N)N=C(N)N(C)C)[nH]1.Cc1ccc(CN=C(N)N=C(N)N)o1. The van der Waals surface area contributed by atoms with Crippen LogP contribution in [0.2, 0.25) is 0 Å². The largest absolute Gasteiger partial charge is 0.465 e. The maximum absolute atomic E-state index is 7.78. The molecule has 0 aromatic carbocycles. The lowest BCUT2D eigenvalue weighted by Gasteiger charge is -2.25. The second-order valence-corrected chi connectivity index (χ2v) is 29.2. The van der Waals surface area contributed by atoms with Gasteiger partial charge in [-0.3, -0.25) is 56.7 Å². The first kappa shape index (κ1) is 118. The van der Waals surface area contributed by atoms with Gasteiger partial charge in [0.2, 0.25) is 35.8 Å². The van der Waals surface area contributed by atoms with Crippen LogP contribution in [-0.4, -0.2) is 231 Å². The maximum atomic E-state index is 7.78. The molecule has 138 heavy (non-hydrogen) atoms. The van der Waals surface area contributed by atoms with Gasteiger partial charge in [-0.25, -0.2) is 20.0 Å². The maximum Gasteiger partial charge on any atom is 0.223 e. The number of hydrogen-bond donors (Lipinski definition) is 25. The summed E-state index contributed by atoms with van der Waals surface area (Å²) in [5, 5.41) is 35.2. The fourth-order valence-corrected chi connectivity index (χ4v) is 9.69. The Bertz CT molecular complexity index is 5640. The molecule has 9 rings (SSSR count). The summed E-state index contributed by atoms with van der Waals surface area (Å²) in [6.07, 6.45) is 0. The molecule has 54 nitrogen and oxygen atoms in total. The zero-order valence-electron chi connectivity index (χ0n) is 82.3. The van der Waals surface area contributed by atoms with E-state index >= 15 is 0 Å². The molecule has 0 fully saturated rings. The Morgan fingerprint density at radius 1 is 0.319 bits per heavy atom. The molecular formula is C84H142N46O8. The number of guanidine groups is 18. The molecule has 0 saturated carbocycles. The molecular weight excluding hydrogens is 1780 g/mol. The number of nitrogens with two attached hydrogens (primary N) is 18. The summed E-state index contributed by atoms with van der Waals surface area (Å²) >= 11 is 0. The summed E-state index contributed by atoms with van der Waals surface area (Å²) in [6.45, 7) is 21.1. The Balaban J connectivity index is 0.000000776. The quantitative estimate of drug-likeness (QED) is 0.0426. The van der Waals surface area contributed by atoms with Crippen molar-refractivity contribution in [1.82, 2.24) is 49.9 Å². The number of furan rings is 8. The van der Waals surface area contributed by atoms with Crippen LogP contribution in [0.25, 0.3) is 0 Å². The molecule has 0 spiro atoms. The predicted molar refractivity (Wildman–Crippen MR) is 547 cm³/mol. The molecule has 0 aliphatic rings. The van der Waals surface area contributed by atoms with Crippen LogP contribution in [0.3, 0.4) is 0 Å². The minimum atomic E-state index is -0.160. The second kappa shape index (κ2) is 62.5. The van der Waals surface area contributed by atoms with Crippen molar-refractivity contribution in [3.8, 4) is 0 Å². The monoisotopic (exact) mass is 1920 g/mol. The Morgan fingerprint density at radius 3 is 1.04 bits per heavy atom. The first-order valence-corrected chi connectivity index (χ1v) is 41.3. The highest BCUT2D eigenvalue weighted by Gasteiger charge is 2.16. The van der Waals surface area contributed by atoms with Gasteiger partial charge in [-0.1, -0.05) is 0 Å². The van der Waals surface area contributed by atoms with E-state index in [0.29, 0.717) is 82.7 Å². The fourth-order valence-electron chi connectivity index (χ4n) is 9.69. The molecule has 0 aliphatic carbocycles. The van der Waals surface area contributed by atoms with Crippen molar-refractivity contribution in [3.63, 3.8) is 0 Å². The standard InChI is InChI=1S/C10H18N6.3C10H17N5O.4C9H15N5O.C8H13N5O/c1-7-4-5-8(14-7)6-13-9(11)15-10(12)16(2)3;1-7-4-5-8(16-7)6-15(3)10(12)14-9(11)13-2;1-7-4-5-8(16-7)6-14(2)10(13)15(3)9(11)12;1-7-4-5-8(16-7)6-15(3)10(13-2)14-9(11)12;1-6-3-4-7(15-6)5-13-9(11)14-8(10)12-2;1-6-3-4-7(15-6)5-14(2)9(12)13-8(10)11;1-6-3-4-7(15-6)5-13-9(12)14(2)8(10)11;1-6-3-4-7(15-6)5-13-9(12-2)14-8(10)11;1-5-2-3-6(14-5)4-12-8(11)13-7(9)10/h4-5,14H,6H2,1-3H3,(H4,11,12,13,15);4-5H,6H2,1-3H3,(H4,11,12,13,14);4-5,13H,6H2,1-3H3,(H3,11,12);4-5H,6H2,1-3H3,(H4,11,12,13,14);3-4H,5H2,1-2H3,(H5,10,11,12,13,14);3-4H,5H2,1-2H3,(H5,10,11,12,13);3-4H,5H2,1-2H3,(H3,10,11)(H2,12,13);3-4H,5H2,1-2H3,(H5,10,11,12,13,14);2-3H,4H2,1H3,(H6,9,10,11,12,13). The third-order valence-electron chi connectivity index (χ3n) is 16.7. The molecule has 43 N–H and O–H groups in total. The van der Waals surface area contributed by atoms with E-state index in [0.717, 1.165) is 104 Å². The zero-order valence-corrected chi connectivity index (χ0v) is 82.3. The first-order chi connectivity index (χ1) is 64.7. The zero-order chi connectivity index (χ0) is 105. The van der Waals surface area contributed by atoms with Crippen LogP contribution < -0.4 is 114 Å². The number of aryl methyl sites for hydroxylation is 9. The van der Waals surface area contributed by atoms with Crippen molar-refractivity contribution in [2.75, 3.05) is 84.6 Å². The highest BCUT2D eigenvalue weighted by atomic mass is 16.4. The molecule has 0 amide bonds. The molecule has 54 heteroatoms. The van der Waals surface area contributed by atoms with Crippen LogP contribution in [0.5, 0.6) is 0 Å². The van der Waals surface area contributed by atoms with E-state index in [9.17, 15) is 0 Å². The number of H-pyrrole nitrogens is 1. The van der Waals surface area contributed by atoms with Gasteiger partial charge in [0.25, 0.3) is 0 Å². The molecule has 0 unspecified atom stereocenters. The first-order valence-electron chi connectivity index (χ1n) is 41.3. The van der Waals surface area contributed by atoms with E-state index < -0.39 is 0 Å². The number of rotatable bonds is 18. The highest BCUT2D eigenvalue weighted by Crippen LogP contribution is 2.16. The molecule has 756 valence electrons. The lowest BCUT2D eigenvalue weighted by Crippen LogP contribution is -2.45. The highest BCUT2D eigenvalue weighted by molar-refractivity contribution is 5.99. The fraction of sp³-hybridized carbons (Fsp3) is 0.357. The molecule has 9 aromatic heterocycles. The summed E-state index contributed by atoms with van der Waals surface area (Å²) in [6, 6.07) is 33.9. The number of nitrogens with zero attached hydrogens (tertiary/aromatic N) is 21. The van der Waals surface area contributed by atoms with E-state index in [1.807, 2.05) is 179 Å². The summed E-state index contributed by atoms with van der Waals surface area (Å²) in [7, 11) is 20.2. The Morgan fingerprint density at radius 2 is 0.681 bits per heavy atom. The summed E-state index contributed by atoms with van der Waals surface area (Å²) in [5.41, 5.74) is 98.5. The number of aliphatic imine (C=N–C) groups is 14. The van der Waals surface area contributed by atoms with E-state index in [1.54, 1.807) is 102 Å². The molecule has 0 radical (unpaired) electrons. The van der Waals surface area contributed by atoms with E-state index in [4.69, 9.17) is 160 Å². The number of aromatic nitrogens is 1. The van der Waals surface area contributed by atoms with Gasteiger partial charge in [0.05, 0.1) is 39.3 Å². The van der Waals surface area contributed by atoms with Crippen molar-refractivity contribution in [1.29, 1.82) is 21.6 Å². The van der Waals surface area contributed by atoms with Crippen LogP contribution in [0.15, 0.2) is 214 Å². The minimum absolute atomic E-state index is 0.00375. The van der Waals surface area contributed by atoms with Crippen molar-refractivity contribution in [2.24, 2.45) is 173 Å². The van der Waals surface area contributed by atoms with Gasteiger partial charge in [0.15, 0.2) is 71.5 Å². The van der Waals surface area contributed by atoms with Crippen LogP contribution in [0, 0.1) is 84.0 Å². The van der Waals surface area contributed by atoms with Crippen molar-refractivity contribution >= 4 is 107 Å². The lowest BCUT2D eigenvalue weighted by molar-refractivity contribution is 0.375. The average molecular weight is 1920 g/mol. The van der Waals surface area contributed by atoms with Gasteiger partial charge in [0, 0.05) is 96.0 Å². The number of nitrogens with one attached hydrogen (secondary N) is 7. The summed E-state index contributed by atoms with van der Waals surface area (Å²) < 4.78 is 42.9. The third-order valence-corrected chi connectivity index (χ3v) is 16.7. The van der Waals surface area contributed by atoms with Gasteiger partial charge in [0.1, 0.15) is 112 Å². The van der Waals surface area contributed by atoms with Gasteiger partial charge >= 0.3 is 0 Å². The third kappa shape index (κ3) is 52.3. The lowest BCUT2D eigenvalue weighted by atomic mass is 10.4. The Kier molecular flexibility index (Phi) is 53.5. The van der Waals surface area contributed by atoms with Gasteiger partial charge < -0.3 is 173 Å². The second-order valence-electron chi connectivity index (χ2n) is 29.2. The normalized spacial score (nSPS) is 11.5. The van der Waals surface area contributed by atoms with Crippen molar-refractivity contribution in [3.05, 3.63) is 213 Å². The Labute approximate surface area is 802 Å². The van der Waals surface area contributed by atoms with Crippen molar-refractivity contribution < 1.29 is 35.3 Å². The van der Waals surface area contributed by atoms with E-state index in [1.165, 1.54) is 9.80 Å². The number of aromatic amines is 1. The topological polar surface area (TPSA) is 904 Å². The molecule has 9 aromatic rings. The Hall–Kier alpha value is -17.8. The molecule has 0 saturated heterocycles. The predicted octanol–water partition coefficient (Wildman–Crippen LogP) is 1.36. The van der Waals surface area contributed by atoms with Crippen LogP contribution in [-0.2, 0) is 58.9 Å². The molecule has 0 aliphatic heterocycles. The minimum Gasteiger partial charge on any atom is -0.465 e. The molecule has 9 heterocycles. The summed E-state index contributed by atoms with van der Waals surface area (Å²) in [4.78, 5) is 68.2. The average Bonchev–Trinajstić information content (AvgIpc) is 1.71. The van der Waals surface area contributed by atoms with Gasteiger partial charge in [-0.15, -0.1) is 0 Å². The molecule has 0 atom stereocenters. The van der Waals surface area contributed by atoms with E-state index in [-0.39, 0.29) is 83.4 Å². The van der Waals surface area contributed by atoms with E-state index in [2.05, 4.69) is 85.5 Å². The van der Waals surface area contributed by atoms with Gasteiger partial charge in [-0.05, 0) is 172 Å². The van der Waals surface area contributed by atoms with Crippen molar-refractivity contribution in [2.45, 2.75) is 121 Å². The molecule has 0 bridgehead atoms. The van der Waals surface area contributed by atoms with Gasteiger partial charge in [-0.2, -0.15) is 30.0 Å². The van der Waals surface area contributed by atoms with Crippen LogP contribution in [0.4, 0.5) is 0 Å². The number of hydrogen-bond acceptors (Lipinski definition) is 20. The summed E-state index contributed by atoms with van der Waals surface area (Å²) in [5.74, 6) is 15.1. The van der Waals surface area contributed by atoms with Crippen LogP contribution in [0.1, 0.15) is 104 Å². The van der Waals surface area contributed by atoms with Crippen LogP contribution >= 0.6 is 0 Å².